The Balaban J connectivity index is 2.09. The van der Waals surface area contributed by atoms with Crippen molar-refractivity contribution >= 4 is 5.97 Å². The maximum absolute atomic E-state index is 10.8. The minimum absolute atomic E-state index is 0.249. The van der Waals surface area contributed by atoms with Crippen molar-refractivity contribution in [1.29, 1.82) is 0 Å². The number of carboxylic acids is 1. The molecule has 0 spiro atoms. The lowest BCUT2D eigenvalue weighted by atomic mass is 10.2. The van der Waals surface area contributed by atoms with Crippen molar-refractivity contribution in [1.82, 2.24) is 30.0 Å². The summed E-state index contributed by atoms with van der Waals surface area (Å²) in [5.74, 6) is -0.817. The molecule has 2 aromatic heterocycles. The monoisotopic (exact) mass is 236 g/mol. The topological polar surface area (TPSA) is 98.7 Å². The summed E-state index contributed by atoms with van der Waals surface area (Å²) >= 11 is 0. The van der Waals surface area contributed by atoms with Gasteiger partial charge in [0.05, 0.1) is 12.5 Å². The summed E-state index contributed by atoms with van der Waals surface area (Å²) in [7, 11) is 0. The molecule has 0 saturated carbocycles. The molecule has 0 aromatic carbocycles. The molecule has 8 heteroatoms. The van der Waals surface area contributed by atoms with Crippen LogP contribution in [0.15, 0.2) is 18.5 Å². The molecule has 2 aromatic rings. The van der Waals surface area contributed by atoms with Gasteiger partial charge in [0, 0.05) is 12.4 Å². The van der Waals surface area contributed by atoms with Gasteiger partial charge in [-0.25, -0.2) is 4.68 Å². The highest BCUT2D eigenvalue weighted by Crippen LogP contribution is 2.03. The molecule has 0 aliphatic rings. The van der Waals surface area contributed by atoms with Crippen LogP contribution in [0, 0.1) is 5.92 Å². The van der Waals surface area contributed by atoms with E-state index in [1.165, 1.54) is 4.68 Å². The van der Waals surface area contributed by atoms with Gasteiger partial charge in [0.25, 0.3) is 0 Å². The standard InChI is InChI=1S/C9H12N6O2/c1-7(9(16)17)5-15-8(11-12-13-15)6-14-4-2-3-10-14/h2-4,7H,5-6H2,1H3,(H,16,17). The molecule has 0 fully saturated rings. The zero-order valence-corrected chi connectivity index (χ0v) is 9.26. The van der Waals surface area contributed by atoms with Crippen molar-refractivity contribution in [2.75, 3.05) is 0 Å². The minimum Gasteiger partial charge on any atom is -0.481 e. The van der Waals surface area contributed by atoms with E-state index < -0.39 is 11.9 Å². The Kier molecular flexibility index (Phi) is 3.12. The van der Waals surface area contributed by atoms with E-state index in [0.29, 0.717) is 12.4 Å². The molecule has 1 N–H and O–H groups in total. The summed E-state index contributed by atoms with van der Waals surface area (Å²) in [5.41, 5.74) is 0. The molecular formula is C9H12N6O2. The van der Waals surface area contributed by atoms with Gasteiger partial charge in [0.15, 0.2) is 5.82 Å². The van der Waals surface area contributed by atoms with Crippen LogP contribution in [0.25, 0.3) is 0 Å². The van der Waals surface area contributed by atoms with Gasteiger partial charge in [-0.2, -0.15) is 5.10 Å². The van der Waals surface area contributed by atoms with E-state index in [1.54, 1.807) is 30.1 Å². The molecule has 1 unspecified atom stereocenters. The highest BCUT2D eigenvalue weighted by Gasteiger charge is 2.15. The third kappa shape index (κ3) is 2.65. The van der Waals surface area contributed by atoms with Gasteiger partial charge in [0.2, 0.25) is 0 Å². The predicted octanol–water partition coefficient (Wildman–Crippen LogP) is -0.361. The average molecular weight is 236 g/mol. The van der Waals surface area contributed by atoms with Crippen LogP contribution in [-0.4, -0.2) is 41.1 Å². The molecule has 0 aliphatic carbocycles. The Morgan fingerprint density at radius 3 is 3.06 bits per heavy atom. The Hall–Kier alpha value is -2.25. The first-order valence-corrected chi connectivity index (χ1v) is 5.12. The normalized spacial score (nSPS) is 12.5. The lowest BCUT2D eigenvalue weighted by Crippen LogP contribution is -2.20. The largest absolute Gasteiger partial charge is 0.481 e. The quantitative estimate of drug-likeness (QED) is 0.761. The molecule has 0 bridgehead atoms. The summed E-state index contributed by atoms with van der Waals surface area (Å²) in [4.78, 5) is 10.8. The molecule has 1 atom stereocenters. The lowest BCUT2D eigenvalue weighted by Gasteiger charge is -2.07. The van der Waals surface area contributed by atoms with Crippen LogP contribution in [0.5, 0.6) is 0 Å². The first-order chi connectivity index (χ1) is 8.16. The fourth-order valence-corrected chi connectivity index (χ4v) is 1.35. The van der Waals surface area contributed by atoms with E-state index in [2.05, 4.69) is 20.6 Å². The van der Waals surface area contributed by atoms with Crippen LogP contribution in [0.4, 0.5) is 0 Å². The Bertz CT molecular complexity index is 491. The fourth-order valence-electron chi connectivity index (χ4n) is 1.35. The average Bonchev–Trinajstić information content (AvgIpc) is 2.91. The van der Waals surface area contributed by atoms with Gasteiger partial charge in [-0.05, 0) is 16.5 Å². The van der Waals surface area contributed by atoms with Gasteiger partial charge < -0.3 is 5.11 Å². The van der Waals surface area contributed by atoms with Crippen molar-refractivity contribution in [3.05, 3.63) is 24.3 Å². The number of rotatable bonds is 5. The van der Waals surface area contributed by atoms with Gasteiger partial charge in [-0.3, -0.25) is 9.48 Å². The molecule has 8 nitrogen and oxygen atoms in total. The smallest absolute Gasteiger partial charge is 0.308 e. The van der Waals surface area contributed by atoms with Crippen LogP contribution in [-0.2, 0) is 17.9 Å². The molecule has 2 heterocycles. The van der Waals surface area contributed by atoms with Crippen LogP contribution in [0.3, 0.4) is 0 Å². The number of tetrazole rings is 1. The van der Waals surface area contributed by atoms with Crippen molar-refractivity contribution in [2.24, 2.45) is 5.92 Å². The van der Waals surface area contributed by atoms with Crippen LogP contribution in [0.1, 0.15) is 12.7 Å². The summed E-state index contributed by atoms with van der Waals surface area (Å²) in [6.45, 7) is 2.28. The zero-order valence-electron chi connectivity index (χ0n) is 9.26. The Labute approximate surface area is 96.9 Å². The maximum Gasteiger partial charge on any atom is 0.308 e. The van der Waals surface area contributed by atoms with Gasteiger partial charge >= 0.3 is 5.97 Å². The Morgan fingerprint density at radius 2 is 2.41 bits per heavy atom. The minimum atomic E-state index is -0.870. The number of carboxylic acid groups (broad SMARTS) is 1. The van der Waals surface area contributed by atoms with E-state index in [-0.39, 0.29) is 6.54 Å². The van der Waals surface area contributed by atoms with Gasteiger partial charge in [0.1, 0.15) is 6.54 Å². The van der Waals surface area contributed by atoms with Crippen LogP contribution >= 0.6 is 0 Å². The summed E-state index contributed by atoms with van der Waals surface area (Å²) in [6.07, 6.45) is 3.45. The van der Waals surface area contributed by atoms with Crippen molar-refractivity contribution in [2.45, 2.75) is 20.0 Å². The highest BCUT2D eigenvalue weighted by molar-refractivity contribution is 5.69. The van der Waals surface area contributed by atoms with E-state index in [4.69, 9.17) is 5.11 Å². The van der Waals surface area contributed by atoms with E-state index in [1.807, 2.05) is 0 Å². The third-order valence-corrected chi connectivity index (χ3v) is 2.34. The molecular weight excluding hydrogens is 224 g/mol. The number of aromatic nitrogens is 6. The van der Waals surface area contributed by atoms with Gasteiger partial charge in [-0.15, -0.1) is 5.10 Å². The second-order valence-corrected chi connectivity index (χ2v) is 3.72. The number of aliphatic carboxylic acids is 1. The third-order valence-electron chi connectivity index (χ3n) is 2.34. The van der Waals surface area contributed by atoms with Crippen molar-refractivity contribution in [3.63, 3.8) is 0 Å². The first kappa shape index (κ1) is 11.2. The Morgan fingerprint density at radius 1 is 1.59 bits per heavy atom. The van der Waals surface area contributed by atoms with Crippen LogP contribution in [0.2, 0.25) is 0 Å². The number of nitrogens with zero attached hydrogens (tertiary/aromatic N) is 6. The van der Waals surface area contributed by atoms with Crippen LogP contribution < -0.4 is 0 Å². The van der Waals surface area contributed by atoms with Crippen molar-refractivity contribution in [3.8, 4) is 0 Å². The summed E-state index contributed by atoms with van der Waals surface area (Å²) in [6, 6.07) is 1.80. The predicted molar refractivity (Wildman–Crippen MR) is 55.9 cm³/mol. The molecule has 0 amide bonds. The fraction of sp³-hybridized carbons (Fsp3) is 0.444. The molecule has 0 aliphatic heterocycles. The van der Waals surface area contributed by atoms with E-state index in [9.17, 15) is 4.79 Å². The highest BCUT2D eigenvalue weighted by atomic mass is 16.4. The second kappa shape index (κ2) is 4.73. The lowest BCUT2D eigenvalue weighted by molar-refractivity contribution is -0.141. The second-order valence-electron chi connectivity index (χ2n) is 3.72. The van der Waals surface area contributed by atoms with E-state index in [0.717, 1.165) is 0 Å². The number of hydrogen-bond acceptors (Lipinski definition) is 5. The summed E-state index contributed by atoms with van der Waals surface area (Å²) < 4.78 is 3.16. The van der Waals surface area contributed by atoms with Crippen molar-refractivity contribution < 1.29 is 9.90 Å². The molecule has 90 valence electrons. The first-order valence-electron chi connectivity index (χ1n) is 5.12. The zero-order chi connectivity index (χ0) is 12.3. The number of hydrogen-bond donors (Lipinski definition) is 1. The maximum atomic E-state index is 10.8. The molecule has 0 radical (unpaired) electrons. The van der Waals surface area contributed by atoms with Gasteiger partial charge in [-0.1, -0.05) is 6.92 Å². The summed E-state index contributed by atoms with van der Waals surface area (Å²) in [5, 5.41) is 24.0. The number of carbonyl (C=O) groups is 1. The SMILES string of the molecule is CC(Cn1nnnc1Cn1cccn1)C(=O)O. The molecule has 17 heavy (non-hydrogen) atoms. The van der Waals surface area contributed by atoms with E-state index >= 15 is 0 Å². The molecule has 0 saturated heterocycles. The molecule has 2 rings (SSSR count).